The zero-order chi connectivity index (χ0) is 21.8. The second kappa shape index (κ2) is 9.17. The summed E-state index contributed by atoms with van der Waals surface area (Å²) in [7, 11) is -0.788. The lowest BCUT2D eigenvalue weighted by atomic mass is 10.1. The van der Waals surface area contributed by atoms with Crippen LogP contribution in [0.4, 0.5) is 11.4 Å². The molecule has 0 saturated carbocycles. The Bertz CT molecular complexity index is 989. The smallest absolute Gasteiger partial charge is 0.248 e. The van der Waals surface area contributed by atoms with Gasteiger partial charge in [-0.15, -0.1) is 0 Å². The first-order chi connectivity index (χ1) is 13.6. The largest absolute Gasteiger partial charge is 0.493 e. The van der Waals surface area contributed by atoms with E-state index >= 15 is 0 Å². The molecule has 2 aromatic carbocycles. The third-order valence-electron chi connectivity index (χ3n) is 4.70. The minimum absolute atomic E-state index is 0.313. The molecule has 29 heavy (non-hydrogen) atoms. The summed E-state index contributed by atoms with van der Waals surface area (Å²) in [6.07, 6.45) is 1.82. The molecule has 2 aromatic rings. The summed E-state index contributed by atoms with van der Waals surface area (Å²) in [5.41, 5.74) is 2.94. The fraction of sp³-hybridized carbons (Fsp3) is 0.381. The monoisotopic (exact) mass is 420 g/mol. The van der Waals surface area contributed by atoms with Crippen molar-refractivity contribution in [3.63, 3.8) is 0 Å². The molecule has 0 heterocycles. The minimum atomic E-state index is -3.75. The molecule has 0 bridgehead atoms. The number of para-hydroxylation sites is 1. The molecule has 0 fully saturated rings. The van der Waals surface area contributed by atoms with E-state index in [0.717, 1.165) is 28.1 Å². The fourth-order valence-corrected chi connectivity index (χ4v) is 4.37. The van der Waals surface area contributed by atoms with Gasteiger partial charge in [0.2, 0.25) is 15.9 Å². The molecule has 0 spiro atoms. The Morgan fingerprint density at radius 3 is 2.34 bits per heavy atom. The van der Waals surface area contributed by atoms with Gasteiger partial charge in [0.15, 0.2) is 11.5 Å². The third kappa shape index (κ3) is 5.00. The van der Waals surface area contributed by atoms with Gasteiger partial charge >= 0.3 is 0 Å². The highest BCUT2D eigenvalue weighted by Gasteiger charge is 2.30. The normalized spacial score (nSPS) is 12.2. The number of rotatable bonds is 8. The van der Waals surface area contributed by atoms with Crippen LogP contribution in [-0.4, -0.2) is 40.8 Å². The van der Waals surface area contributed by atoms with E-state index in [1.807, 2.05) is 32.0 Å². The summed E-state index contributed by atoms with van der Waals surface area (Å²) in [5, 5.41) is 2.90. The second-order valence-electron chi connectivity index (χ2n) is 6.73. The number of hydrogen-bond acceptors (Lipinski definition) is 5. The van der Waals surface area contributed by atoms with Crippen molar-refractivity contribution in [2.45, 2.75) is 33.2 Å². The number of nitrogens with one attached hydrogen (secondary N) is 1. The molecule has 1 N–H and O–H groups in total. The topological polar surface area (TPSA) is 84.9 Å². The van der Waals surface area contributed by atoms with Gasteiger partial charge < -0.3 is 14.8 Å². The average molecular weight is 421 g/mol. The number of methoxy groups -OCH3 is 2. The Labute approximate surface area is 172 Å². The molecule has 0 radical (unpaired) electrons. The molecule has 0 aliphatic carbocycles. The van der Waals surface area contributed by atoms with E-state index in [0.29, 0.717) is 22.9 Å². The Morgan fingerprint density at radius 2 is 1.79 bits per heavy atom. The zero-order valence-corrected chi connectivity index (χ0v) is 18.5. The van der Waals surface area contributed by atoms with Crippen molar-refractivity contribution in [1.82, 2.24) is 0 Å². The van der Waals surface area contributed by atoms with Crippen LogP contribution in [0.3, 0.4) is 0 Å². The molecule has 1 amide bonds. The quantitative estimate of drug-likeness (QED) is 0.708. The number of hydrogen-bond donors (Lipinski definition) is 1. The van der Waals surface area contributed by atoms with Gasteiger partial charge in [0.25, 0.3) is 0 Å². The predicted octanol–water partition coefficient (Wildman–Crippen LogP) is 3.37. The standard InChI is InChI=1S/C21H28N2O5S/c1-7-16-10-8-9-14(2)20(16)22-21(24)15(3)23(29(6,25)26)17-11-12-18(27-4)19(13-17)28-5/h8-13,15H,7H2,1-6H3,(H,22,24)/t15-/m0/s1. The first kappa shape index (κ1) is 22.5. The highest BCUT2D eigenvalue weighted by atomic mass is 32.2. The molecule has 0 unspecified atom stereocenters. The average Bonchev–Trinajstić information content (AvgIpc) is 2.68. The van der Waals surface area contributed by atoms with Crippen LogP contribution in [0.2, 0.25) is 0 Å². The van der Waals surface area contributed by atoms with Crippen LogP contribution < -0.4 is 19.1 Å². The van der Waals surface area contributed by atoms with Crippen LogP contribution in [0.1, 0.15) is 25.0 Å². The molecule has 0 saturated heterocycles. The molecule has 2 rings (SSSR count). The third-order valence-corrected chi connectivity index (χ3v) is 5.94. The van der Waals surface area contributed by atoms with Crippen LogP contribution in [-0.2, 0) is 21.2 Å². The molecule has 0 aliphatic heterocycles. The Morgan fingerprint density at radius 1 is 1.14 bits per heavy atom. The second-order valence-corrected chi connectivity index (χ2v) is 8.59. The summed E-state index contributed by atoms with van der Waals surface area (Å²) in [6, 6.07) is 9.52. The first-order valence-electron chi connectivity index (χ1n) is 9.24. The number of sulfonamides is 1. The molecular weight excluding hydrogens is 392 g/mol. The maximum atomic E-state index is 13.0. The van der Waals surface area contributed by atoms with Gasteiger partial charge in [-0.3, -0.25) is 9.10 Å². The Hall–Kier alpha value is -2.74. The van der Waals surface area contributed by atoms with E-state index < -0.39 is 22.0 Å². The Kier molecular flexibility index (Phi) is 7.13. The SMILES string of the molecule is CCc1cccc(C)c1NC(=O)[C@H](C)N(c1ccc(OC)c(OC)c1)S(C)(=O)=O. The molecular formula is C21H28N2O5S. The number of anilines is 2. The van der Waals surface area contributed by atoms with E-state index in [4.69, 9.17) is 9.47 Å². The van der Waals surface area contributed by atoms with E-state index in [-0.39, 0.29) is 0 Å². The van der Waals surface area contributed by atoms with Crippen LogP contribution in [0, 0.1) is 6.92 Å². The molecule has 0 aromatic heterocycles. The summed E-state index contributed by atoms with van der Waals surface area (Å²) in [6.45, 7) is 5.46. The van der Waals surface area contributed by atoms with Gasteiger partial charge in [-0.2, -0.15) is 0 Å². The van der Waals surface area contributed by atoms with Gasteiger partial charge in [-0.25, -0.2) is 8.42 Å². The number of ether oxygens (including phenoxy) is 2. The van der Waals surface area contributed by atoms with Crippen LogP contribution in [0.15, 0.2) is 36.4 Å². The van der Waals surface area contributed by atoms with Gasteiger partial charge in [0.1, 0.15) is 6.04 Å². The van der Waals surface area contributed by atoms with E-state index in [1.165, 1.54) is 20.3 Å². The van der Waals surface area contributed by atoms with Crippen LogP contribution >= 0.6 is 0 Å². The van der Waals surface area contributed by atoms with Crippen LogP contribution in [0.25, 0.3) is 0 Å². The van der Waals surface area contributed by atoms with Gasteiger partial charge in [0, 0.05) is 11.8 Å². The number of carbonyl (C=O) groups excluding carboxylic acids is 1. The number of carbonyl (C=O) groups is 1. The van der Waals surface area contributed by atoms with Crippen molar-refractivity contribution in [3.05, 3.63) is 47.5 Å². The predicted molar refractivity (Wildman–Crippen MR) is 116 cm³/mol. The van der Waals surface area contributed by atoms with Crippen molar-refractivity contribution in [2.24, 2.45) is 0 Å². The zero-order valence-electron chi connectivity index (χ0n) is 17.6. The highest BCUT2D eigenvalue weighted by Crippen LogP contribution is 2.33. The maximum Gasteiger partial charge on any atom is 0.248 e. The maximum absolute atomic E-state index is 13.0. The lowest BCUT2D eigenvalue weighted by Gasteiger charge is -2.29. The Balaban J connectivity index is 2.43. The summed E-state index contributed by atoms with van der Waals surface area (Å²) in [4.78, 5) is 13.0. The lowest BCUT2D eigenvalue weighted by Crippen LogP contribution is -2.45. The summed E-state index contributed by atoms with van der Waals surface area (Å²) in [5.74, 6) is 0.418. The molecule has 1 atom stereocenters. The molecule has 158 valence electrons. The number of nitrogens with zero attached hydrogens (tertiary/aromatic N) is 1. The van der Waals surface area contributed by atoms with Crippen molar-refractivity contribution in [3.8, 4) is 11.5 Å². The van der Waals surface area contributed by atoms with Crippen molar-refractivity contribution >= 4 is 27.3 Å². The van der Waals surface area contributed by atoms with Gasteiger partial charge in [-0.1, -0.05) is 25.1 Å². The highest BCUT2D eigenvalue weighted by molar-refractivity contribution is 7.92. The minimum Gasteiger partial charge on any atom is -0.493 e. The number of amides is 1. The van der Waals surface area contributed by atoms with Crippen molar-refractivity contribution < 1.29 is 22.7 Å². The lowest BCUT2D eigenvalue weighted by molar-refractivity contribution is -0.116. The van der Waals surface area contributed by atoms with E-state index in [1.54, 1.807) is 19.1 Å². The first-order valence-corrected chi connectivity index (χ1v) is 11.1. The van der Waals surface area contributed by atoms with Crippen LogP contribution in [0.5, 0.6) is 11.5 Å². The van der Waals surface area contributed by atoms with E-state index in [9.17, 15) is 13.2 Å². The van der Waals surface area contributed by atoms with Crippen molar-refractivity contribution in [2.75, 3.05) is 30.1 Å². The molecule has 7 nitrogen and oxygen atoms in total. The number of benzene rings is 2. The van der Waals surface area contributed by atoms with E-state index in [2.05, 4.69) is 5.32 Å². The summed E-state index contributed by atoms with van der Waals surface area (Å²) >= 11 is 0. The molecule has 0 aliphatic rings. The fourth-order valence-electron chi connectivity index (χ4n) is 3.20. The number of aryl methyl sites for hydroxylation is 2. The summed E-state index contributed by atoms with van der Waals surface area (Å²) < 4.78 is 36.7. The van der Waals surface area contributed by atoms with Gasteiger partial charge in [-0.05, 0) is 43.5 Å². The molecule has 8 heteroatoms. The van der Waals surface area contributed by atoms with Crippen molar-refractivity contribution in [1.29, 1.82) is 0 Å². The van der Waals surface area contributed by atoms with Gasteiger partial charge in [0.05, 0.1) is 26.2 Å².